The third-order valence-electron chi connectivity index (χ3n) is 6.12. The first-order chi connectivity index (χ1) is 18.0. The summed E-state index contributed by atoms with van der Waals surface area (Å²) in [4.78, 5) is 43.3. The number of nitrogens with zero attached hydrogens (tertiary/aromatic N) is 1. The molecule has 10 nitrogen and oxygen atoms in total. The lowest BCUT2D eigenvalue weighted by molar-refractivity contribution is -0.140. The Bertz CT molecular complexity index is 1100. The quantitative estimate of drug-likeness (QED) is 0.364. The van der Waals surface area contributed by atoms with E-state index in [9.17, 15) is 19.5 Å². The molecule has 1 fully saturated rings. The number of nitrogens with one attached hydrogen (secondary N) is 3. The number of amides is 2. The van der Waals surface area contributed by atoms with Crippen LogP contribution >= 0.6 is 0 Å². The minimum absolute atomic E-state index is 0.0978. The van der Waals surface area contributed by atoms with Crippen molar-refractivity contribution in [1.82, 2.24) is 20.9 Å². The zero-order valence-corrected chi connectivity index (χ0v) is 22.5. The van der Waals surface area contributed by atoms with Crippen molar-refractivity contribution in [2.24, 2.45) is 5.92 Å². The first kappa shape index (κ1) is 29.3. The number of carbonyl (C=O) groups is 3. The topological polar surface area (TPSA) is 139 Å². The SMILES string of the molecule is CC(C)C[C@H](NC(=O)C(NC(=O)c1cccc(-c2ccccc2)n1)[C@@H](C)O)B1OC[C@@H](C)N[C@@H](C)C(=O)O1. The zero-order chi connectivity index (χ0) is 27.8. The highest BCUT2D eigenvalue weighted by molar-refractivity contribution is 6.49. The van der Waals surface area contributed by atoms with Gasteiger partial charge < -0.3 is 25.0 Å². The van der Waals surface area contributed by atoms with Crippen LogP contribution in [-0.4, -0.2) is 71.8 Å². The van der Waals surface area contributed by atoms with Crippen molar-refractivity contribution < 1.29 is 28.8 Å². The van der Waals surface area contributed by atoms with Gasteiger partial charge in [-0.2, -0.15) is 0 Å². The normalized spacial score (nSPS) is 20.5. The molecule has 5 atom stereocenters. The highest BCUT2D eigenvalue weighted by Gasteiger charge is 2.40. The van der Waals surface area contributed by atoms with Crippen molar-refractivity contribution in [3.63, 3.8) is 0 Å². The molecule has 1 aromatic carbocycles. The zero-order valence-electron chi connectivity index (χ0n) is 22.5. The van der Waals surface area contributed by atoms with Gasteiger partial charge in [0.15, 0.2) is 0 Å². The van der Waals surface area contributed by atoms with E-state index in [1.54, 1.807) is 25.1 Å². The molecule has 2 amide bonds. The van der Waals surface area contributed by atoms with Crippen molar-refractivity contribution in [2.75, 3.05) is 6.61 Å². The molecular weight excluding hydrogens is 487 g/mol. The van der Waals surface area contributed by atoms with E-state index in [0.717, 1.165) is 5.56 Å². The van der Waals surface area contributed by atoms with Crippen LogP contribution in [0.2, 0.25) is 0 Å². The summed E-state index contributed by atoms with van der Waals surface area (Å²) in [7, 11) is -1.02. The van der Waals surface area contributed by atoms with Gasteiger partial charge in [-0.05, 0) is 45.2 Å². The van der Waals surface area contributed by atoms with Gasteiger partial charge in [-0.1, -0.05) is 50.2 Å². The fourth-order valence-corrected chi connectivity index (χ4v) is 4.20. The van der Waals surface area contributed by atoms with E-state index < -0.39 is 49.0 Å². The Labute approximate surface area is 224 Å². The fourth-order valence-electron chi connectivity index (χ4n) is 4.20. The minimum atomic E-state index is -1.27. The number of aliphatic hydroxyl groups is 1. The summed E-state index contributed by atoms with van der Waals surface area (Å²) < 4.78 is 11.4. The number of aliphatic hydroxyl groups excluding tert-OH is 1. The third-order valence-corrected chi connectivity index (χ3v) is 6.12. The van der Waals surface area contributed by atoms with Gasteiger partial charge in [-0.3, -0.25) is 19.7 Å². The summed E-state index contributed by atoms with van der Waals surface area (Å²) in [6.45, 7) is 9.22. The van der Waals surface area contributed by atoms with E-state index in [-0.39, 0.29) is 24.3 Å². The Kier molecular flexibility index (Phi) is 10.4. The van der Waals surface area contributed by atoms with Crippen LogP contribution in [-0.2, 0) is 18.9 Å². The summed E-state index contributed by atoms with van der Waals surface area (Å²) in [5.41, 5.74) is 1.56. The van der Waals surface area contributed by atoms with E-state index in [2.05, 4.69) is 20.9 Å². The van der Waals surface area contributed by atoms with Gasteiger partial charge in [-0.25, -0.2) is 4.98 Å². The number of pyridine rings is 1. The van der Waals surface area contributed by atoms with Crippen molar-refractivity contribution in [3.8, 4) is 11.3 Å². The molecule has 0 saturated carbocycles. The molecule has 0 spiro atoms. The second kappa shape index (κ2) is 13.5. The Morgan fingerprint density at radius 2 is 1.82 bits per heavy atom. The number of carbonyl (C=O) groups excluding carboxylic acids is 3. The van der Waals surface area contributed by atoms with Gasteiger partial charge in [0.2, 0.25) is 5.91 Å². The highest BCUT2D eigenvalue weighted by Crippen LogP contribution is 2.17. The molecule has 0 aliphatic carbocycles. The van der Waals surface area contributed by atoms with Gasteiger partial charge in [0.25, 0.3) is 5.91 Å². The molecule has 1 saturated heterocycles. The van der Waals surface area contributed by atoms with E-state index >= 15 is 0 Å². The lowest BCUT2D eigenvalue weighted by Crippen LogP contribution is -2.60. The van der Waals surface area contributed by atoms with E-state index in [1.165, 1.54) is 6.92 Å². The largest absolute Gasteiger partial charge is 0.551 e. The molecule has 2 aromatic rings. The number of benzene rings is 1. The Balaban J connectivity index is 1.76. The van der Waals surface area contributed by atoms with Gasteiger partial charge in [-0.15, -0.1) is 0 Å². The summed E-state index contributed by atoms with van der Waals surface area (Å²) in [5.74, 6) is -2.28. The van der Waals surface area contributed by atoms with Crippen LogP contribution in [0.3, 0.4) is 0 Å². The number of rotatable bonds is 9. The predicted octanol–water partition coefficient (Wildman–Crippen LogP) is 1.73. The lowest BCUT2D eigenvalue weighted by Gasteiger charge is -2.32. The monoisotopic (exact) mass is 524 g/mol. The molecule has 1 unspecified atom stereocenters. The number of hydrogen-bond donors (Lipinski definition) is 4. The molecular formula is C27H37BN4O6. The van der Waals surface area contributed by atoms with Gasteiger partial charge in [0, 0.05) is 18.2 Å². The molecule has 0 bridgehead atoms. The third kappa shape index (κ3) is 8.11. The first-order valence-corrected chi connectivity index (χ1v) is 12.9. The van der Waals surface area contributed by atoms with Crippen LogP contribution in [0, 0.1) is 5.92 Å². The summed E-state index contributed by atoms with van der Waals surface area (Å²) in [5, 5.41) is 18.9. The van der Waals surface area contributed by atoms with Crippen molar-refractivity contribution in [1.29, 1.82) is 0 Å². The average Bonchev–Trinajstić information content (AvgIpc) is 2.88. The summed E-state index contributed by atoms with van der Waals surface area (Å²) in [6.07, 6.45) is -0.762. The fraction of sp³-hybridized carbons (Fsp3) is 0.481. The van der Waals surface area contributed by atoms with Crippen molar-refractivity contribution in [3.05, 3.63) is 54.2 Å². The number of aromatic nitrogens is 1. The minimum Gasteiger partial charge on any atom is -0.507 e. The molecule has 204 valence electrons. The lowest BCUT2D eigenvalue weighted by atomic mass is 9.73. The Morgan fingerprint density at radius 3 is 2.47 bits per heavy atom. The van der Waals surface area contributed by atoms with E-state index in [4.69, 9.17) is 9.31 Å². The maximum absolute atomic E-state index is 13.3. The average molecular weight is 524 g/mol. The molecule has 11 heteroatoms. The Hall–Kier alpha value is -3.28. The van der Waals surface area contributed by atoms with E-state index in [1.807, 2.05) is 51.1 Å². The Morgan fingerprint density at radius 1 is 1.11 bits per heavy atom. The standard InChI is InChI=1S/C27H37BN4O6/c1-16(2)14-23(28-37-15-17(3)29-18(4)27(36)38-28)31-26(35)24(19(5)33)32-25(34)22-13-9-12-21(30-22)20-10-7-6-8-11-20/h6-13,16-19,23-24,29,33H,14-15H2,1-5H3,(H,31,35)(H,32,34)/t17-,18+,19-,23+,24?/m1/s1. The highest BCUT2D eigenvalue weighted by atomic mass is 16.6. The molecule has 38 heavy (non-hydrogen) atoms. The first-order valence-electron chi connectivity index (χ1n) is 12.9. The predicted molar refractivity (Wildman–Crippen MR) is 144 cm³/mol. The van der Waals surface area contributed by atoms with Crippen molar-refractivity contribution >= 4 is 24.9 Å². The molecule has 1 aliphatic rings. The molecule has 2 heterocycles. The van der Waals surface area contributed by atoms with Crippen LogP contribution in [0.1, 0.15) is 51.5 Å². The van der Waals surface area contributed by atoms with Crippen LogP contribution in [0.4, 0.5) is 0 Å². The van der Waals surface area contributed by atoms with Crippen LogP contribution < -0.4 is 16.0 Å². The second-order valence-corrected chi connectivity index (χ2v) is 10.1. The molecule has 0 radical (unpaired) electrons. The van der Waals surface area contributed by atoms with Gasteiger partial charge in [0.05, 0.1) is 17.7 Å². The van der Waals surface area contributed by atoms with Crippen molar-refractivity contribution in [2.45, 2.75) is 71.2 Å². The molecule has 4 N–H and O–H groups in total. The smallest absolute Gasteiger partial charge is 0.507 e. The summed E-state index contributed by atoms with van der Waals surface area (Å²) in [6, 6.07) is 12.5. The second-order valence-electron chi connectivity index (χ2n) is 10.1. The van der Waals surface area contributed by atoms with Gasteiger partial charge in [0.1, 0.15) is 17.8 Å². The van der Waals surface area contributed by atoms with E-state index in [0.29, 0.717) is 12.1 Å². The maximum Gasteiger partial charge on any atom is 0.551 e. The van der Waals surface area contributed by atoms with Crippen LogP contribution in [0.25, 0.3) is 11.3 Å². The summed E-state index contributed by atoms with van der Waals surface area (Å²) >= 11 is 0. The maximum atomic E-state index is 13.3. The van der Waals surface area contributed by atoms with Crippen LogP contribution in [0.15, 0.2) is 48.5 Å². The molecule has 3 rings (SSSR count). The van der Waals surface area contributed by atoms with Gasteiger partial charge >= 0.3 is 13.1 Å². The molecule has 1 aliphatic heterocycles. The number of hydrogen-bond acceptors (Lipinski definition) is 8. The van der Waals surface area contributed by atoms with Crippen LogP contribution in [0.5, 0.6) is 0 Å². The molecule has 1 aromatic heterocycles.